The summed E-state index contributed by atoms with van der Waals surface area (Å²) >= 11 is 1.14. The second-order valence-corrected chi connectivity index (χ2v) is 5.80. The quantitative estimate of drug-likeness (QED) is 0.939. The van der Waals surface area contributed by atoms with Crippen LogP contribution < -0.4 is 0 Å². The Morgan fingerprint density at radius 2 is 2.29 bits per heavy atom. The summed E-state index contributed by atoms with van der Waals surface area (Å²) in [5.74, 6) is -0.0737. The number of amides is 1. The molecule has 1 aromatic heterocycles. The lowest BCUT2D eigenvalue weighted by atomic mass is 9.93. The van der Waals surface area contributed by atoms with Crippen LogP contribution >= 0.6 is 11.5 Å². The molecule has 1 atom stereocenters. The van der Waals surface area contributed by atoms with Crippen molar-refractivity contribution >= 4 is 17.4 Å². The van der Waals surface area contributed by atoms with E-state index >= 15 is 0 Å². The van der Waals surface area contributed by atoms with E-state index in [1.165, 1.54) is 5.56 Å². The molecule has 3 rings (SSSR count). The number of carbonyl (C=O) groups excluding carboxylic acids is 1. The topological polar surface area (TPSA) is 66.3 Å². The maximum absolute atomic E-state index is 12.8. The van der Waals surface area contributed by atoms with Crippen LogP contribution in [-0.4, -0.2) is 38.7 Å². The summed E-state index contributed by atoms with van der Waals surface area (Å²) in [6, 6.07) is 7.70. The maximum Gasteiger partial charge on any atom is 0.268 e. The van der Waals surface area contributed by atoms with E-state index < -0.39 is 0 Å². The molecule has 0 fully saturated rings. The monoisotopic (exact) mass is 303 g/mol. The zero-order valence-corrected chi connectivity index (χ0v) is 12.6. The fourth-order valence-corrected chi connectivity index (χ4v) is 3.53. The van der Waals surface area contributed by atoms with E-state index in [1.54, 1.807) is 4.90 Å². The highest BCUT2D eigenvalue weighted by Gasteiger charge is 2.32. The fraction of sp³-hybridized carbons (Fsp3) is 0.400. The molecule has 1 amide bonds. The molecule has 0 bridgehead atoms. The lowest BCUT2D eigenvalue weighted by Crippen LogP contribution is -2.41. The summed E-state index contributed by atoms with van der Waals surface area (Å²) < 4.78 is 3.89. The second kappa shape index (κ2) is 5.91. The highest BCUT2D eigenvalue weighted by atomic mass is 32.1. The highest BCUT2D eigenvalue weighted by Crippen LogP contribution is 2.31. The molecule has 0 radical (unpaired) electrons. The highest BCUT2D eigenvalue weighted by molar-refractivity contribution is 7.08. The minimum absolute atomic E-state index is 0.0730. The number of fused-ring (bicyclic) bond motifs is 1. The van der Waals surface area contributed by atoms with Gasteiger partial charge in [-0.25, -0.2) is 0 Å². The zero-order valence-electron chi connectivity index (χ0n) is 11.8. The Morgan fingerprint density at radius 1 is 1.48 bits per heavy atom. The zero-order chi connectivity index (χ0) is 14.8. The number of benzene rings is 1. The van der Waals surface area contributed by atoms with E-state index in [1.807, 2.05) is 25.1 Å². The molecule has 1 aliphatic heterocycles. The van der Waals surface area contributed by atoms with Crippen molar-refractivity contribution in [3.8, 4) is 0 Å². The van der Waals surface area contributed by atoms with Gasteiger partial charge in [0.05, 0.1) is 18.3 Å². The number of carbonyl (C=O) groups is 1. The van der Waals surface area contributed by atoms with Gasteiger partial charge in [-0.15, -0.1) is 5.10 Å². The molecule has 21 heavy (non-hydrogen) atoms. The molecule has 2 aromatic rings. The number of aromatic nitrogens is 2. The average molecular weight is 303 g/mol. The molecule has 0 saturated carbocycles. The standard InChI is InChI=1S/C15H17N3O2S/c1-2-12-14(21-17-16-12)15(20)18-8-7-10-5-3-4-6-11(10)13(18)9-19/h3-6,13,19H,2,7-9H2,1H3/t13-/m1/s1. The minimum atomic E-state index is -0.283. The van der Waals surface area contributed by atoms with Crippen molar-refractivity contribution in [2.75, 3.05) is 13.2 Å². The van der Waals surface area contributed by atoms with Crippen molar-refractivity contribution in [1.29, 1.82) is 0 Å². The number of aryl methyl sites for hydroxylation is 1. The van der Waals surface area contributed by atoms with E-state index in [4.69, 9.17) is 0 Å². The van der Waals surface area contributed by atoms with Gasteiger partial charge in [0.2, 0.25) is 0 Å². The molecule has 0 unspecified atom stereocenters. The molecule has 1 aromatic carbocycles. The Bertz CT molecular complexity index is 656. The summed E-state index contributed by atoms with van der Waals surface area (Å²) in [6.45, 7) is 2.50. The Kier molecular flexibility index (Phi) is 3.98. The van der Waals surface area contributed by atoms with Crippen LogP contribution in [0.5, 0.6) is 0 Å². The molecule has 0 saturated heterocycles. The molecule has 5 nitrogen and oxygen atoms in total. The van der Waals surface area contributed by atoms with Crippen LogP contribution in [0, 0.1) is 0 Å². The molecular weight excluding hydrogens is 286 g/mol. The van der Waals surface area contributed by atoms with E-state index in [0.29, 0.717) is 17.8 Å². The molecule has 1 N–H and O–H groups in total. The Morgan fingerprint density at radius 3 is 3.05 bits per heavy atom. The summed E-state index contributed by atoms with van der Waals surface area (Å²) in [5, 5.41) is 13.8. The van der Waals surface area contributed by atoms with Crippen molar-refractivity contribution < 1.29 is 9.90 Å². The SMILES string of the molecule is CCc1nnsc1C(=O)N1CCc2ccccc2[C@H]1CO. The first kappa shape index (κ1) is 14.2. The van der Waals surface area contributed by atoms with Gasteiger partial charge in [-0.3, -0.25) is 4.79 Å². The molecule has 6 heteroatoms. The van der Waals surface area contributed by atoms with Crippen LogP contribution in [0.25, 0.3) is 0 Å². The number of aliphatic hydroxyl groups is 1. The van der Waals surface area contributed by atoms with Gasteiger partial charge in [0, 0.05) is 6.54 Å². The smallest absolute Gasteiger partial charge is 0.268 e. The van der Waals surface area contributed by atoms with E-state index in [2.05, 4.69) is 15.7 Å². The first-order chi connectivity index (χ1) is 10.3. The van der Waals surface area contributed by atoms with Gasteiger partial charge in [0.25, 0.3) is 5.91 Å². The normalized spacial score (nSPS) is 17.6. The average Bonchev–Trinajstić information content (AvgIpc) is 3.01. The van der Waals surface area contributed by atoms with Crippen molar-refractivity contribution in [1.82, 2.24) is 14.5 Å². The number of nitrogens with zero attached hydrogens (tertiary/aromatic N) is 3. The fourth-order valence-electron chi connectivity index (χ4n) is 2.82. The molecule has 2 heterocycles. The van der Waals surface area contributed by atoms with Crippen molar-refractivity contribution in [2.24, 2.45) is 0 Å². The predicted molar refractivity (Wildman–Crippen MR) is 80.3 cm³/mol. The number of rotatable bonds is 3. The van der Waals surface area contributed by atoms with Gasteiger partial charge in [0.15, 0.2) is 0 Å². The van der Waals surface area contributed by atoms with Gasteiger partial charge in [-0.1, -0.05) is 35.7 Å². The van der Waals surface area contributed by atoms with Gasteiger partial charge in [-0.2, -0.15) is 0 Å². The lowest BCUT2D eigenvalue weighted by Gasteiger charge is -2.36. The largest absolute Gasteiger partial charge is 0.394 e. The minimum Gasteiger partial charge on any atom is -0.394 e. The third-order valence-corrected chi connectivity index (χ3v) is 4.69. The molecule has 1 aliphatic rings. The summed E-state index contributed by atoms with van der Waals surface area (Å²) in [7, 11) is 0. The van der Waals surface area contributed by atoms with Gasteiger partial charge < -0.3 is 10.0 Å². The molecular formula is C15H17N3O2S. The van der Waals surface area contributed by atoms with Crippen molar-refractivity contribution in [2.45, 2.75) is 25.8 Å². The van der Waals surface area contributed by atoms with Crippen molar-refractivity contribution in [3.63, 3.8) is 0 Å². The molecule has 0 spiro atoms. The third-order valence-electron chi connectivity index (χ3n) is 3.93. The third kappa shape index (κ3) is 2.45. The first-order valence-electron chi connectivity index (χ1n) is 7.07. The van der Waals surface area contributed by atoms with E-state index in [-0.39, 0.29) is 18.6 Å². The van der Waals surface area contributed by atoms with Crippen LogP contribution in [0.4, 0.5) is 0 Å². The maximum atomic E-state index is 12.8. The van der Waals surface area contributed by atoms with Crippen LogP contribution in [0.15, 0.2) is 24.3 Å². The predicted octanol–water partition coefficient (Wildman–Crippen LogP) is 1.83. The summed E-state index contributed by atoms with van der Waals surface area (Å²) in [4.78, 5) is 15.1. The van der Waals surface area contributed by atoms with Gasteiger partial charge >= 0.3 is 0 Å². The van der Waals surface area contributed by atoms with E-state index in [9.17, 15) is 9.90 Å². The number of aliphatic hydroxyl groups excluding tert-OH is 1. The first-order valence-corrected chi connectivity index (χ1v) is 7.84. The van der Waals surface area contributed by atoms with Crippen LogP contribution in [0.3, 0.4) is 0 Å². The Balaban J connectivity index is 1.94. The van der Waals surface area contributed by atoms with Crippen LogP contribution in [0.2, 0.25) is 0 Å². The number of hydrogen-bond donors (Lipinski definition) is 1. The second-order valence-electron chi connectivity index (χ2n) is 5.05. The van der Waals surface area contributed by atoms with Gasteiger partial charge in [-0.05, 0) is 35.5 Å². The van der Waals surface area contributed by atoms with Crippen molar-refractivity contribution in [3.05, 3.63) is 46.0 Å². The Hall–Kier alpha value is -1.79. The summed E-state index contributed by atoms with van der Waals surface area (Å²) in [5.41, 5.74) is 2.98. The molecule has 0 aliphatic carbocycles. The van der Waals surface area contributed by atoms with Crippen LogP contribution in [0.1, 0.15) is 39.5 Å². The Labute approximate surface area is 127 Å². The lowest BCUT2D eigenvalue weighted by molar-refractivity contribution is 0.0572. The van der Waals surface area contributed by atoms with Crippen LogP contribution in [-0.2, 0) is 12.8 Å². The molecule has 110 valence electrons. The van der Waals surface area contributed by atoms with Gasteiger partial charge in [0.1, 0.15) is 4.88 Å². The summed E-state index contributed by atoms with van der Waals surface area (Å²) in [6.07, 6.45) is 1.50. The number of hydrogen-bond acceptors (Lipinski definition) is 5. The van der Waals surface area contributed by atoms with E-state index in [0.717, 1.165) is 29.2 Å².